The molecule has 0 saturated carbocycles. The number of thioether (sulfide) groups is 1. The molecule has 0 atom stereocenters. The summed E-state index contributed by atoms with van der Waals surface area (Å²) in [5, 5.41) is 18.6. The molecule has 4 rings (SSSR count). The maximum absolute atomic E-state index is 12.2. The van der Waals surface area contributed by atoms with E-state index in [1.807, 2.05) is 43.3 Å². The number of nitrogens with zero attached hydrogens (tertiary/aromatic N) is 3. The highest BCUT2D eigenvalue weighted by atomic mass is 32.2. The Balaban J connectivity index is 1.25. The molecule has 148 valence electrons. The average molecular weight is 428 g/mol. The Bertz CT molecular complexity index is 1070. The maximum atomic E-state index is 12.2. The molecule has 0 aliphatic carbocycles. The summed E-state index contributed by atoms with van der Waals surface area (Å²) in [6.45, 7) is 2.55. The molecule has 4 aromatic rings. The summed E-state index contributed by atoms with van der Waals surface area (Å²) in [4.78, 5) is 12.2. The van der Waals surface area contributed by atoms with E-state index in [-0.39, 0.29) is 11.7 Å². The fourth-order valence-electron chi connectivity index (χ4n) is 2.41. The molecule has 1 aromatic carbocycles. The van der Waals surface area contributed by atoms with E-state index in [9.17, 15) is 4.79 Å². The standard InChI is InChI=1S/C19H17N5O3S2/c1-12-4-6-13(7-5-12)15-9-17(27-24-15)21-16(25)11-28-19-23-22-18(29-19)20-10-14-3-2-8-26-14/h2-9H,10-11H2,1H3,(H,20,22)(H,21,25). The van der Waals surface area contributed by atoms with Crippen molar-refractivity contribution >= 4 is 40.0 Å². The third kappa shape index (κ3) is 5.24. The van der Waals surface area contributed by atoms with E-state index in [0.29, 0.717) is 27.6 Å². The summed E-state index contributed by atoms with van der Waals surface area (Å²) in [5.74, 6) is 1.10. The molecule has 29 heavy (non-hydrogen) atoms. The second-order valence-corrected chi connectivity index (χ2v) is 8.29. The van der Waals surface area contributed by atoms with Gasteiger partial charge in [0.1, 0.15) is 11.5 Å². The number of aryl methyl sites for hydroxylation is 1. The van der Waals surface area contributed by atoms with Crippen molar-refractivity contribution < 1.29 is 13.7 Å². The predicted octanol–water partition coefficient (Wildman–Crippen LogP) is 4.44. The number of furan rings is 1. The summed E-state index contributed by atoms with van der Waals surface area (Å²) in [5.41, 5.74) is 2.76. The van der Waals surface area contributed by atoms with Gasteiger partial charge in [-0.05, 0) is 19.1 Å². The van der Waals surface area contributed by atoms with Crippen LogP contribution in [0.25, 0.3) is 11.3 Å². The van der Waals surface area contributed by atoms with Crippen molar-refractivity contribution in [2.24, 2.45) is 0 Å². The van der Waals surface area contributed by atoms with Crippen LogP contribution >= 0.6 is 23.1 Å². The largest absolute Gasteiger partial charge is 0.467 e. The molecule has 2 N–H and O–H groups in total. The molecule has 0 bridgehead atoms. The zero-order chi connectivity index (χ0) is 20.1. The third-order valence-corrected chi connectivity index (χ3v) is 5.86. The van der Waals surface area contributed by atoms with E-state index in [2.05, 4.69) is 26.0 Å². The number of carbonyl (C=O) groups excluding carboxylic acids is 1. The number of anilines is 2. The van der Waals surface area contributed by atoms with Crippen LogP contribution in [0.4, 0.5) is 11.0 Å². The lowest BCUT2D eigenvalue weighted by molar-refractivity contribution is -0.113. The number of hydrogen-bond donors (Lipinski definition) is 2. The van der Waals surface area contributed by atoms with E-state index in [1.54, 1.807) is 12.3 Å². The number of hydrogen-bond acceptors (Lipinski definition) is 9. The van der Waals surface area contributed by atoms with Gasteiger partial charge in [0.15, 0.2) is 4.34 Å². The van der Waals surface area contributed by atoms with E-state index in [4.69, 9.17) is 8.94 Å². The van der Waals surface area contributed by atoms with Gasteiger partial charge in [0.25, 0.3) is 0 Å². The fourth-order valence-corrected chi connectivity index (χ4v) is 3.96. The molecule has 1 amide bonds. The van der Waals surface area contributed by atoms with Crippen LogP contribution in [0.5, 0.6) is 0 Å². The van der Waals surface area contributed by atoms with Crippen LogP contribution in [0.1, 0.15) is 11.3 Å². The van der Waals surface area contributed by atoms with E-state index in [0.717, 1.165) is 11.3 Å². The Hall–Kier alpha value is -3.11. The van der Waals surface area contributed by atoms with Gasteiger partial charge in [0, 0.05) is 11.6 Å². The van der Waals surface area contributed by atoms with Crippen molar-refractivity contribution in [3.63, 3.8) is 0 Å². The minimum atomic E-state index is -0.207. The molecule has 0 unspecified atom stereocenters. The minimum Gasteiger partial charge on any atom is -0.467 e. The van der Waals surface area contributed by atoms with Crippen molar-refractivity contribution in [1.82, 2.24) is 15.4 Å². The lowest BCUT2D eigenvalue weighted by Gasteiger charge is -1.99. The van der Waals surface area contributed by atoms with Crippen molar-refractivity contribution in [3.05, 3.63) is 60.1 Å². The van der Waals surface area contributed by atoms with Crippen molar-refractivity contribution in [1.29, 1.82) is 0 Å². The summed E-state index contributed by atoms with van der Waals surface area (Å²) in [7, 11) is 0. The second-order valence-electron chi connectivity index (χ2n) is 6.09. The van der Waals surface area contributed by atoms with Gasteiger partial charge in [0.2, 0.25) is 16.9 Å². The molecule has 0 aliphatic rings. The SMILES string of the molecule is Cc1ccc(-c2cc(NC(=O)CSc3nnc(NCc4ccco4)s3)on2)cc1. The van der Waals surface area contributed by atoms with Crippen LogP contribution in [0, 0.1) is 6.92 Å². The first-order chi connectivity index (χ1) is 14.2. The smallest absolute Gasteiger partial charge is 0.237 e. The van der Waals surface area contributed by atoms with Gasteiger partial charge in [-0.15, -0.1) is 10.2 Å². The average Bonchev–Trinajstić information content (AvgIpc) is 3.47. The van der Waals surface area contributed by atoms with Gasteiger partial charge < -0.3 is 14.3 Å². The monoisotopic (exact) mass is 427 g/mol. The first kappa shape index (κ1) is 19.2. The number of carbonyl (C=O) groups is 1. The lowest BCUT2D eigenvalue weighted by atomic mass is 10.1. The first-order valence-corrected chi connectivity index (χ1v) is 10.5. The molecule has 10 heteroatoms. The molecule has 3 aromatic heterocycles. The quantitative estimate of drug-likeness (QED) is 0.398. The van der Waals surface area contributed by atoms with Gasteiger partial charge in [-0.3, -0.25) is 10.1 Å². The molecule has 0 radical (unpaired) electrons. The molecule has 0 aliphatic heterocycles. The summed E-state index contributed by atoms with van der Waals surface area (Å²) in [6, 6.07) is 13.3. The number of aromatic nitrogens is 3. The highest BCUT2D eigenvalue weighted by Crippen LogP contribution is 2.26. The van der Waals surface area contributed by atoms with Gasteiger partial charge in [-0.2, -0.15) is 0 Å². The first-order valence-electron chi connectivity index (χ1n) is 8.72. The summed E-state index contributed by atoms with van der Waals surface area (Å²) >= 11 is 2.68. The molecule has 8 nitrogen and oxygen atoms in total. The fraction of sp³-hybridized carbons (Fsp3) is 0.158. The third-order valence-electron chi connectivity index (χ3n) is 3.85. The van der Waals surface area contributed by atoms with E-state index in [1.165, 1.54) is 28.7 Å². The van der Waals surface area contributed by atoms with Gasteiger partial charge >= 0.3 is 0 Å². The van der Waals surface area contributed by atoms with E-state index >= 15 is 0 Å². The normalized spacial score (nSPS) is 10.8. The number of amides is 1. The number of nitrogens with one attached hydrogen (secondary N) is 2. The Labute approximate surface area is 174 Å². The molecular formula is C19H17N5O3S2. The Morgan fingerprint density at radius 1 is 1.21 bits per heavy atom. The van der Waals surface area contributed by atoms with Crippen molar-refractivity contribution in [2.45, 2.75) is 17.8 Å². The zero-order valence-corrected chi connectivity index (χ0v) is 17.0. The van der Waals surface area contributed by atoms with Gasteiger partial charge in [-0.1, -0.05) is 58.1 Å². The summed E-state index contributed by atoms with van der Waals surface area (Å²) < 4.78 is 11.2. The van der Waals surface area contributed by atoms with E-state index < -0.39 is 0 Å². The molecule has 0 fully saturated rings. The number of benzene rings is 1. The molecule has 3 heterocycles. The van der Waals surface area contributed by atoms with Crippen LogP contribution < -0.4 is 10.6 Å². The van der Waals surface area contributed by atoms with Crippen LogP contribution in [0.3, 0.4) is 0 Å². The second kappa shape index (κ2) is 8.93. The highest BCUT2D eigenvalue weighted by Gasteiger charge is 2.12. The lowest BCUT2D eigenvalue weighted by Crippen LogP contribution is -2.13. The van der Waals surface area contributed by atoms with Crippen LogP contribution in [0.2, 0.25) is 0 Å². The topological polar surface area (TPSA) is 106 Å². The molecule has 0 saturated heterocycles. The highest BCUT2D eigenvalue weighted by molar-refractivity contribution is 8.01. The van der Waals surface area contributed by atoms with Crippen molar-refractivity contribution in [3.8, 4) is 11.3 Å². The Morgan fingerprint density at radius 2 is 2.07 bits per heavy atom. The van der Waals surface area contributed by atoms with Gasteiger partial charge in [-0.25, -0.2) is 0 Å². The molecule has 0 spiro atoms. The Kier molecular flexibility index (Phi) is 5.92. The van der Waals surface area contributed by atoms with Crippen molar-refractivity contribution in [2.75, 3.05) is 16.4 Å². The van der Waals surface area contributed by atoms with Crippen LogP contribution in [-0.2, 0) is 11.3 Å². The molecular weight excluding hydrogens is 410 g/mol. The zero-order valence-electron chi connectivity index (χ0n) is 15.4. The summed E-state index contributed by atoms with van der Waals surface area (Å²) in [6.07, 6.45) is 1.62. The number of rotatable bonds is 8. The van der Waals surface area contributed by atoms with Crippen LogP contribution in [0.15, 0.2) is 62.0 Å². The predicted molar refractivity (Wildman–Crippen MR) is 112 cm³/mol. The van der Waals surface area contributed by atoms with Crippen LogP contribution in [-0.4, -0.2) is 27.0 Å². The Morgan fingerprint density at radius 3 is 2.86 bits per heavy atom. The van der Waals surface area contributed by atoms with Gasteiger partial charge in [0.05, 0.1) is 18.6 Å². The maximum Gasteiger partial charge on any atom is 0.237 e. The minimum absolute atomic E-state index is 0.188.